The number of carboxylic acid groups (broad SMARTS) is 1. The first-order valence-electron chi connectivity index (χ1n) is 8.69. The summed E-state index contributed by atoms with van der Waals surface area (Å²) in [4.78, 5) is 27.7. The molecule has 8 heteroatoms. The number of nitrogens with two attached hydrogens (primary N) is 3. The highest BCUT2D eigenvalue weighted by Gasteiger charge is 2.24. The number of hydrogen-bond donors (Lipinski definition) is 5. The van der Waals surface area contributed by atoms with Gasteiger partial charge < -0.3 is 27.6 Å². The van der Waals surface area contributed by atoms with Crippen molar-refractivity contribution in [3.63, 3.8) is 0 Å². The third-order valence-electron chi connectivity index (χ3n) is 4.22. The van der Waals surface area contributed by atoms with E-state index < -0.39 is 24.0 Å². The van der Waals surface area contributed by atoms with E-state index in [-0.39, 0.29) is 12.4 Å². The lowest BCUT2D eigenvalue weighted by molar-refractivity contribution is -0.142. The van der Waals surface area contributed by atoms with E-state index in [0.29, 0.717) is 19.4 Å². The summed E-state index contributed by atoms with van der Waals surface area (Å²) in [6.45, 7) is 0.363. The molecule has 0 bridgehead atoms. The van der Waals surface area contributed by atoms with Crippen molar-refractivity contribution in [1.29, 1.82) is 0 Å². The number of rotatable bonds is 9. The Bertz CT molecular complexity index is 828. The van der Waals surface area contributed by atoms with E-state index in [1.807, 2.05) is 42.5 Å². The molecule has 8 N–H and O–H groups in total. The Morgan fingerprint density at radius 1 is 1.11 bits per heavy atom. The van der Waals surface area contributed by atoms with E-state index in [9.17, 15) is 14.7 Å². The number of aliphatic imine (C=N–C) groups is 1. The van der Waals surface area contributed by atoms with E-state index in [4.69, 9.17) is 17.2 Å². The van der Waals surface area contributed by atoms with Crippen molar-refractivity contribution in [2.45, 2.75) is 31.3 Å². The smallest absolute Gasteiger partial charge is 0.326 e. The number of carbonyl (C=O) groups excluding carboxylic acids is 1. The lowest BCUT2D eigenvalue weighted by Crippen LogP contribution is -2.49. The normalized spacial score (nSPS) is 12.9. The van der Waals surface area contributed by atoms with Crippen molar-refractivity contribution in [3.8, 4) is 0 Å². The Morgan fingerprint density at radius 2 is 1.81 bits per heavy atom. The number of amides is 1. The molecule has 0 saturated carbocycles. The molecule has 0 aromatic heterocycles. The summed E-state index contributed by atoms with van der Waals surface area (Å²) in [6.07, 6.45) is 1.04. The van der Waals surface area contributed by atoms with Gasteiger partial charge in [0.05, 0.1) is 6.04 Å². The lowest BCUT2D eigenvalue weighted by Gasteiger charge is -2.18. The SMILES string of the molecule is NC(N)=NCCCC(N)C(=O)NC(Cc1cccc2ccccc12)C(=O)O. The van der Waals surface area contributed by atoms with Crippen LogP contribution >= 0.6 is 0 Å². The Hall–Kier alpha value is -3.13. The number of carbonyl (C=O) groups is 2. The Balaban J connectivity index is 2.01. The van der Waals surface area contributed by atoms with Gasteiger partial charge in [-0.05, 0) is 29.2 Å². The fourth-order valence-corrected chi connectivity index (χ4v) is 2.82. The van der Waals surface area contributed by atoms with Crippen LogP contribution in [0.15, 0.2) is 47.5 Å². The van der Waals surface area contributed by atoms with Crippen molar-refractivity contribution in [2.75, 3.05) is 6.54 Å². The van der Waals surface area contributed by atoms with Crippen LogP contribution in [0, 0.1) is 0 Å². The van der Waals surface area contributed by atoms with Gasteiger partial charge in [-0.15, -0.1) is 0 Å². The minimum absolute atomic E-state index is 0.0194. The van der Waals surface area contributed by atoms with Crippen LogP contribution in [0.4, 0.5) is 0 Å². The predicted molar refractivity (Wildman–Crippen MR) is 105 cm³/mol. The lowest BCUT2D eigenvalue weighted by atomic mass is 9.98. The highest BCUT2D eigenvalue weighted by Crippen LogP contribution is 2.20. The zero-order valence-electron chi connectivity index (χ0n) is 15.0. The van der Waals surface area contributed by atoms with Crippen LogP contribution in [0.2, 0.25) is 0 Å². The van der Waals surface area contributed by atoms with E-state index in [0.717, 1.165) is 16.3 Å². The molecule has 8 nitrogen and oxygen atoms in total. The molecule has 2 aromatic carbocycles. The predicted octanol–water partition coefficient (Wildman–Crippen LogP) is 0.333. The van der Waals surface area contributed by atoms with Gasteiger partial charge in [0.2, 0.25) is 5.91 Å². The second kappa shape index (κ2) is 9.54. The minimum Gasteiger partial charge on any atom is -0.480 e. The molecule has 2 rings (SSSR count). The second-order valence-electron chi connectivity index (χ2n) is 6.30. The first kappa shape index (κ1) is 20.2. The summed E-state index contributed by atoms with van der Waals surface area (Å²) in [5.74, 6) is -1.63. The fourth-order valence-electron chi connectivity index (χ4n) is 2.82. The monoisotopic (exact) mass is 371 g/mol. The van der Waals surface area contributed by atoms with Gasteiger partial charge in [0.15, 0.2) is 5.96 Å². The Labute approximate surface area is 157 Å². The average Bonchev–Trinajstić information content (AvgIpc) is 2.64. The first-order valence-corrected chi connectivity index (χ1v) is 8.69. The summed E-state index contributed by atoms with van der Waals surface area (Å²) < 4.78 is 0. The quantitative estimate of drug-likeness (QED) is 0.243. The number of guanidine groups is 1. The molecule has 2 unspecified atom stereocenters. The van der Waals surface area contributed by atoms with Gasteiger partial charge in [-0.3, -0.25) is 9.79 Å². The number of carboxylic acids is 1. The molecule has 0 aliphatic rings. The maximum atomic E-state index is 12.3. The van der Waals surface area contributed by atoms with Crippen LogP contribution in [0.1, 0.15) is 18.4 Å². The van der Waals surface area contributed by atoms with Gasteiger partial charge in [-0.1, -0.05) is 42.5 Å². The van der Waals surface area contributed by atoms with Crippen LogP contribution in [0.5, 0.6) is 0 Å². The van der Waals surface area contributed by atoms with E-state index >= 15 is 0 Å². The molecule has 144 valence electrons. The molecule has 2 atom stereocenters. The highest BCUT2D eigenvalue weighted by molar-refractivity contribution is 5.89. The number of hydrogen-bond acceptors (Lipinski definition) is 4. The maximum Gasteiger partial charge on any atom is 0.326 e. The molecule has 0 aliphatic heterocycles. The van der Waals surface area contributed by atoms with Crippen LogP contribution in [0.3, 0.4) is 0 Å². The summed E-state index contributed by atoms with van der Waals surface area (Å²) in [5.41, 5.74) is 17.2. The number of nitrogens with one attached hydrogen (secondary N) is 1. The molecule has 0 heterocycles. The molecule has 0 radical (unpaired) electrons. The van der Waals surface area contributed by atoms with Crippen molar-refractivity contribution >= 4 is 28.6 Å². The number of aliphatic carboxylic acids is 1. The minimum atomic E-state index is -1.11. The Morgan fingerprint density at radius 3 is 2.52 bits per heavy atom. The van der Waals surface area contributed by atoms with E-state index in [2.05, 4.69) is 10.3 Å². The molecule has 0 fully saturated rings. The zero-order chi connectivity index (χ0) is 19.8. The van der Waals surface area contributed by atoms with Gasteiger partial charge in [0, 0.05) is 13.0 Å². The third-order valence-corrected chi connectivity index (χ3v) is 4.22. The Kier molecular flexibility index (Phi) is 7.13. The summed E-state index contributed by atoms with van der Waals surface area (Å²) in [5, 5.41) is 14.0. The average molecular weight is 371 g/mol. The van der Waals surface area contributed by atoms with Crippen LogP contribution < -0.4 is 22.5 Å². The summed E-state index contributed by atoms with van der Waals surface area (Å²) in [6, 6.07) is 11.5. The zero-order valence-corrected chi connectivity index (χ0v) is 15.0. The molecule has 0 aliphatic carbocycles. The van der Waals surface area contributed by atoms with Crippen molar-refractivity contribution in [2.24, 2.45) is 22.2 Å². The largest absolute Gasteiger partial charge is 0.480 e. The molecular formula is C19H25N5O3. The summed E-state index contributed by atoms with van der Waals surface area (Å²) in [7, 11) is 0. The van der Waals surface area contributed by atoms with Crippen molar-refractivity contribution < 1.29 is 14.7 Å². The summed E-state index contributed by atoms with van der Waals surface area (Å²) >= 11 is 0. The topological polar surface area (TPSA) is 157 Å². The third kappa shape index (κ3) is 5.96. The van der Waals surface area contributed by atoms with E-state index in [1.165, 1.54) is 0 Å². The molecule has 2 aromatic rings. The standard InChI is InChI=1S/C19H25N5O3/c20-15(9-4-10-23-19(21)22)17(25)24-16(18(26)27)11-13-7-3-6-12-5-1-2-8-14(12)13/h1-3,5-8,15-16H,4,9-11,20H2,(H,24,25)(H,26,27)(H4,21,22,23). The van der Waals surface area contributed by atoms with Crippen molar-refractivity contribution in [3.05, 3.63) is 48.0 Å². The first-order chi connectivity index (χ1) is 12.9. The van der Waals surface area contributed by atoms with Crippen LogP contribution in [-0.4, -0.2) is 41.6 Å². The highest BCUT2D eigenvalue weighted by atomic mass is 16.4. The van der Waals surface area contributed by atoms with Crippen LogP contribution in [-0.2, 0) is 16.0 Å². The van der Waals surface area contributed by atoms with Crippen molar-refractivity contribution in [1.82, 2.24) is 5.32 Å². The number of benzene rings is 2. The van der Waals surface area contributed by atoms with Gasteiger partial charge >= 0.3 is 5.97 Å². The van der Waals surface area contributed by atoms with Gasteiger partial charge in [0.25, 0.3) is 0 Å². The molecule has 0 saturated heterocycles. The second-order valence-corrected chi connectivity index (χ2v) is 6.30. The molecule has 1 amide bonds. The molecular weight excluding hydrogens is 346 g/mol. The molecule has 0 spiro atoms. The maximum absolute atomic E-state index is 12.3. The molecule has 27 heavy (non-hydrogen) atoms. The van der Waals surface area contributed by atoms with Gasteiger partial charge in [-0.25, -0.2) is 4.79 Å². The van der Waals surface area contributed by atoms with Gasteiger partial charge in [0.1, 0.15) is 6.04 Å². The van der Waals surface area contributed by atoms with Gasteiger partial charge in [-0.2, -0.15) is 0 Å². The van der Waals surface area contributed by atoms with Crippen LogP contribution in [0.25, 0.3) is 10.8 Å². The van der Waals surface area contributed by atoms with E-state index in [1.54, 1.807) is 0 Å². The fraction of sp³-hybridized carbons (Fsp3) is 0.316. The number of nitrogens with zero attached hydrogens (tertiary/aromatic N) is 1. The number of fused-ring (bicyclic) bond motifs is 1.